The van der Waals surface area contributed by atoms with Gasteiger partial charge in [-0.25, -0.2) is 4.39 Å². The molecule has 3 atom stereocenters. The van der Waals surface area contributed by atoms with Gasteiger partial charge in [0.2, 0.25) is 17.8 Å². The van der Waals surface area contributed by atoms with Gasteiger partial charge in [0.25, 0.3) is 5.56 Å². The number of anilines is 3. The molecule has 0 aliphatic carbocycles. The van der Waals surface area contributed by atoms with Crippen LogP contribution in [0.1, 0.15) is 38.2 Å². The Morgan fingerprint density at radius 2 is 1.97 bits per heavy atom. The molecule has 2 aromatic rings. The van der Waals surface area contributed by atoms with Gasteiger partial charge in [0.15, 0.2) is 0 Å². The molecule has 1 aromatic heterocycles. The van der Waals surface area contributed by atoms with Gasteiger partial charge in [0.1, 0.15) is 11.6 Å². The van der Waals surface area contributed by atoms with E-state index in [2.05, 4.69) is 34.4 Å². The summed E-state index contributed by atoms with van der Waals surface area (Å²) in [5.41, 5.74) is -0.100. The highest BCUT2D eigenvalue weighted by Gasteiger charge is 2.35. The highest BCUT2D eigenvalue weighted by molar-refractivity contribution is 6.31. The fourth-order valence-corrected chi connectivity index (χ4v) is 4.55. The van der Waals surface area contributed by atoms with Crippen molar-refractivity contribution in [3.8, 4) is 0 Å². The average molecular weight is 448 g/mol. The van der Waals surface area contributed by atoms with Crippen molar-refractivity contribution in [1.82, 2.24) is 9.97 Å². The van der Waals surface area contributed by atoms with Crippen LogP contribution in [-0.2, 0) is 9.59 Å². The minimum atomic E-state index is -1.03. The van der Waals surface area contributed by atoms with Crippen molar-refractivity contribution in [3.63, 3.8) is 0 Å². The molecule has 31 heavy (non-hydrogen) atoms. The highest BCUT2D eigenvalue weighted by atomic mass is 35.5. The number of fused-ring (bicyclic) bond motifs is 1. The van der Waals surface area contributed by atoms with E-state index < -0.39 is 29.1 Å². The number of carbonyl (C=O) groups is 2. The van der Waals surface area contributed by atoms with E-state index >= 15 is 0 Å². The topological polar surface area (TPSA) is 107 Å². The minimum Gasteiger partial charge on any atom is -0.342 e. The Bertz CT molecular complexity index is 1090. The van der Waals surface area contributed by atoms with Crippen LogP contribution in [0.15, 0.2) is 23.0 Å². The van der Waals surface area contributed by atoms with Crippen LogP contribution >= 0.6 is 11.6 Å². The van der Waals surface area contributed by atoms with Gasteiger partial charge in [0, 0.05) is 25.2 Å². The smallest absolute Gasteiger partial charge is 0.258 e. The first kappa shape index (κ1) is 21.3. The summed E-state index contributed by atoms with van der Waals surface area (Å²) in [6.45, 7) is 5.77. The molecule has 164 valence electrons. The predicted octanol–water partition coefficient (Wildman–Crippen LogP) is 3.11. The molecule has 2 aliphatic rings. The van der Waals surface area contributed by atoms with E-state index in [9.17, 15) is 18.8 Å². The van der Waals surface area contributed by atoms with Crippen LogP contribution in [0, 0.1) is 17.7 Å². The molecule has 1 saturated heterocycles. The Balaban J connectivity index is 1.64. The molecule has 3 N–H and O–H groups in total. The molecular formula is C21H23ClFN5O3. The Morgan fingerprint density at radius 1 is 1.26 bits per heavy atom. The standard InChI is InChI=1S/C21H23ClFN5O3/c1-10-5-11(2)9-28(8-10)21-26-18-17(20(31)27-21)13(7-16(29)25-18)19(30)24-12-3-4-15(23)14(22)6-12/h3-4,6,10-11,13H,5,7-9H2,1-2H3,(H,24,30)(H2,25,26,27,29,31)/t10-,11-,13+/m1/s1. The fourth-order valence-electron chi connectivity index (χ4n) is 4.37. The van der Waals surface area contributed by atoms with E-state index in [1.807, 2.05) is 4.90 Å². The zero-order chi connectivity index (χ0) is 22.3. The van der Waals surface area contributed by atoms with Crippen molar-refractivity contribution in [2.45, 2.75) is 32.6 Å². The lowest BCUT2D eigenvalue weighted by Gasteiger charge is -2.35. The highest BCUT2D eigenvalue weighted by Crippen LogP contribution is 2.32. The van der Waals surface area contributed by atoms with E-state index in [1.165, 1.54) is 12.1 Å². The van der Waals surface area contributed by atoms with Crippen LogP contribution in [0.2, 0.25) is 5.02 Å². The molecule has 4 rings (SSSR count). The van der Waals surface area contributed by atoms with Crippen molar-refractivity contribution >= 4 is 40.9 Å². The van der Waals surface area contributed by atoms with Crippen molar-refractivity contribution in [2.75, 3.05) is 28.6 Å². The lowest BCUT2D eigenvalue weighted by atomic mass is 9.91. The fraction of sp³-hybridized carbons (Fsp3) is 0.429. The first-order valence-electron chi connectivity index (χ1n) is 10.2. The summed E-state index contributed by atoms with van der Waals surface area (Å²) in [6.07, 6.45) is 0.897. The molecule has 8 nitrogen and oxygen atoms in total. The number of nitrogens with one attached hydrogen (secondary N) is 3. The zero-order valence-corrected chi connectivity index (χ0v) is 17.9. The van der Waals surface area contributed by atoms with Crippen molar-refractivity contribution in [3.05, 3.63) is 45.0 Å². The normalized spacial score (nSPS) is 23.2. The number of hydrogen-bond donors (Lipinski definition) is 3. The molecule has 0 spiro atoms. The molecule has 1 fully saturated rings. The zero-order valence-electron chi connectivity index (χ0n) is 17.2. The third kappa shape index (κ3) is 4.41. The summed E-state index contributed by atoms with van der Waals surface area (Å²) in [5, 5.41) is 5.07. The maximum atomic E-state index is 13.4. The van der Waals surface area contributed by atoms with Crippen LogP contribution in [0.3, 0.4) is 0 Å². The van der Waals surface area contributed by atoms with Crippen LogP contribution in [-0.4, -0.2) is 34.9 Å². The second-order valence-corrected chi connectivity index (χ2v) is 8.83. The Hall–Kier alpha value is -2.94. The van der Waals surface area contributed by atoms with E-state index in [4.69, 9.17) is 11.6 Å². The van der Waals surface area contributed by atoms with Gasteiger partial charge in [-0.05, 0) is 36.5 Å². The molecule has 0 saturated carbocycles. The van der Waals surface area contributed by atoms with Crippen LogP contribution in [0.25, 0.3) is 0 Å². The van der Waals surface area contributed by atoms with Crippen molar-refractivity contribution < 1.29 is 14.0 Å². The predicted molar refractivity (Wildman–Crippen MR) is 116 cm³/mol. The average Bonchev–Trinajstić information content (AvgIpc) is 2.69. The number of amides is 2. The number of hydrogen-bond acceptors (Lipinski definition) is 5. The first-order valence-corrected chi connectivity index (χ1v) is 10.5. The summed E-state index contributed by atoms with van der Waals surface area (Å²) in [4.78, 5) is 47.3. The molecule has 10 heteroatoms. The SMILES string of the molecule is C[C@@H]1C[C@@H](C)CN(c2nc3c(c(=O)[nH]2)[C@@H](C(=O)Nc2ccc(F)c(Cl)c2)CC(=O)N3)C1. The summed E-state index contributed by atoms with van der Waals surface area (Å²) in [6, 6.07) is 3.75. The quantitative estimate of drug-likeness (QED) is 0.670. The largest absolute Gasteiger partial charge is 0.342 e. The summed E-state index contributed by atoms with van der Waals surface area (Å²) in [7, 11) is 0. The van der Waals surface area contributed by atoms with E-state index in [0.29, 0.717) is 17.8 Å². The molecule has 2 aliphatic heterocycles. The third-order valence-corrected chi connectivity index (χ3v) is 5.90. The summed E-state index contributed by atoms with van der Waals surface area (Å²) < 4.78 is 13.4. The molecule has 0 bridgehead atoms. The number of aromatic amines is 1. The number of piperidine rings is 1. The van der Waals surface area contributed by atoms with Crippen molar-refractivity contribution in [1.29, 1.82) is 0 Å². The van der Waals surface area contributed by atoms with E-state index in [-0.39, 0.29) is 28.5 Å². The summed E-state index contributed by atoms with van der Waals surface area (Å²) >= 11 is 5.76. The Morgan fingerprint density at radius 3 is 2.65 bits per heavy atom. The number of aromatic nitrogens is 2. The number of rotatable bonds is 3. The first-order chi connectivity index (χ1) is 14.7. The summed E-state index contributed by atoms with van der Waals surface area (Å²) in [5.74, 6) is -1.25. The lowest BCUT2D eigenvalue weighted by Crippen LogP contribution is -2.42. The van der Waals surface area contributed by atoms with Gasteiger partial charge >= 0.3 is 0 Å². The van der Waals surface area contributed by atoms with Crippen LogP contribution in [0.4, 0.5) is 21.8 Å². The number of halogens is 2. The number of nitrogens with zero attached hydrogens (tertiary/aromatic N) is 2. The number of H-pyrrole nitrogens is 1. The van der Waals surface area contributed by atoms with Crippen molar-refractivity contribution in [2.24, 2.45) is 11.8 Å². The molecular weight excluding hydrogens is 425 g/mol. The second kappa shape index (κ2) is 8.30. The lowest BCUT2D eigenvalue weighted by molar-refractivity contribution is -0.123. The molecule has 0 unspecified atom stereocenters. The van der Waals surface area contributed by atoms with E-state index in [0.717, 1.165) is 25.6 Å². The monoisotopic (exact) mass is 447 g/mol. The molecule has 0 radical (unpaired) electrons. The molecule has 1 aromatic carbocycles. The van der Waals surface area contributed by atoms with Gasteiger partial charge in [-0.3, -0.25) is 19.4 Å². The van der Waals surface area contributed by atoms with E-state index in [1.54, 1.807) is 0 Å². The van der Waals surface area contributed by atoms with Gasteiger partial charge in [0.05, 0.1) is 16.5 Å². The third-order valence-electron chi connectivity index (χ3n) is 5.61. The molecule has 3 heterocycles. The Labute approximate surface area is 183 Å². The molecule has 2 amide bonds. The second-order valence-electron chi connectivity index (χ2n) is 8.43. The number of carbonyl (C=O) groups excluding carboxylic acids is 2. The minimum absolute atomic E-state index is 0.0955. The number of benzene rings is 1. The van der Waals surface area contributed by atoms with Gasteiger partial charge in [-0.15, -0.1) is 0 Å². The van der Waals surface area contributed by atoms with Gasteiger partial charge in [-0.1, -0.05) is 25.4 Å². The van der Waals surface area contributed by atoms with Gasteiger partial charge < -0.3 is 15.5 Å². The Kier molecular flexibility index (Phi) is 5.70. The maximum absolute atomic E-state index is 13.4. The van der Waals surface area contributed by atoms with Gasteiger partial charge in [-0.2, -0.15) is 4.98 Å². The van der Waals surface area contributed by atoms with Crippen LogP contribution in [0.5, 0.6) is 0 Å². The maximum Gasteiger partial charge on any atom is 0.258 e. The van der Waals surface area contributed by atoms with Crippen LogP contribution < -0.4 is 21.1 Å².